The molecule has 1 aliphatic rings. The van der Waals surface area contributed by atoms with E-state index in [1.807, 2.05) is 13.8 Å². The summed E-state index contributed by atoms with van der Waals surface area (Å²) in [5.41, 5.74) is 6.38. The molecule has 0 aromatic carbocycles. The molecule has 0 unspecified atom stereocenters. The van der Waals surface area contributed by atoms with Gasteiger partial charge in [0.05, 0.1) is 12.9 Å². The van der Waals surface area contributed by atoms with E-state index in [-0.39, 0.29) is 12.4 Å². The second-order valence-corrected chi connectivity index (χ2v) is 8.38. The Morgan fingerprint density at radius 2 is 2.07 bits per heavy atom. The maximum Gasteiger partial charge on any atom is 0.335 e. The molecule has 0 amide bonds. The zero-order chi connectivity index (χ0) is 20.5. The Kier molecular flexibility index (Phi) is 6.12. The van der Waals surface area contributed by atoms with Crippen LogP contribution in [0.25, 0.3) is 11.2 Å². The Labute approximate surface area is 162 Å². The number of nitrogens with two attached hydrogens (primary N) is 1. The summed E-state index contributed by atoms with van der Waals surface area (Å²) in [4.78, 5) is 12.0. The van der Waals surface area contributed by atoms with Crippen LogP contribution in [0, 0.1) is 5.92 Å². The average molecular weight is 416 g/mol. The lowest BCUT2D eigenvalue weighted by molar-refractivity contribution is -0.0469. The lowest BCUT2D eigenvalue weighted by Crippen LogP contribution is -2.36. The molecular formula is C15H24N6O6S. The highest BCUT2D eigenvalue weighted by atomic mass is 32.2. The molecule has 3 rings (SSSR count). The number of aliphatic hydroxyl groups is 2. The van der Waals surface area contributed by atoms with Crippen molar-refractivity contribution >= 4 is 27.3 Å². The van der Waals surface area contributed by atoms with E-state index in [9.17, 15) is 18.6 Å². The third-order valence-corrected chi connectivity index (χ3v) is 5.39. The molecule has 2 aromatic heterocycles. The molecule has 156 valence electrons. The van der Waals surface area contributed by atoms with Gasteiger partial charge in [0, 0.05) is 6.54 Å². The Balaban J connectivity index is 1.66. The highest BCUT2D eigenvalue weighted by Crippen LogP contribution is 2.32. The fourth-order valence-electron chi connectivity index (χ4n) is 2.82. The van der Waals surface area contributed by atoms with Crippen molar-refractivity contribution in [2.24, 2.45) is 5.92 Å². The van der Waals surface area contributed by atoms with Gasteiger partial charge in [-0.1, -0.05) is 13.8 Å². The molecular weight excluding hydrogens is 392 g/mol. The van der Waals surface area contributed by atoms with E-state index in [2.05, 4.69) is 19.7 Å². The van der Waals surface area contributed by atoms with Crippen LogP contribution in [0.2, 0.25) is 0 Å². The largest absolute Gasteiger partial charge is 0.387 e. The number of aromatic nitrogens is 4. The highest BCUT2D eigenvalue weighted by molar-refractivity contribution is 7.84. The van der Waals surface area contributed by atoms with E-state index < -0.39 is 41.5 Å². The Morgan fingerprint density at radius 3 is 2.79 bits per heavy atom. The van der Waals surface area contributed by atoms with Gasteiger partial charge in [0.25, 0.3) is 0 Å². The Bertz CT molecular complexity index is 919. The van der Waals surface area contributed by atoms with Crippen LogP contribution >= 0.6 is 0 Å². The summed E-state index contributed by atoms with van der Waals surface area (Å²) in [6, 6.07) is 0. The van der Waals surface area contributed by atoms with Gasteiger partial charge >= 0.3 is 10.3 Å². The number of nitrogen functional groups attached to an aromatic ring is 1. The van der Waals surface area contributed by atoms with Gasteiger partial charge in [-0.05, 0) is 12.3 Å². The van der Waals surface area contributed by atoms with E-state index in [1.165, 1.54) is 17.2 Å². The third kappa shape index (κ3) is 4.39. The Hall–Kier alpha value is -1.90. The summed E-state index contributed by atoms with van der Waals surface area (Å²) < 4.78 is 38.0. The smallest absolute Gasteiger partial charge is 0.335 e. The summed E-state index contributed by atoms with van der Waals surface area (Å²) in [6.07, 6.45) is -1.58. The first-order valence-corrected chi connectivity index (χ1v) is 10.2. The number of aliphatic hydroxyl groups excluding tert-OH is 2. The van der Waals surface area contributed by atoms with Crippen LogP contribution in [-0.2, 0) is 19.2 Å². The third-order valence-electron chi connectivity index (χ3n) is 4.39. The fraction of sp³-hybridized carbons (Fsp3) is 0.667. The van der Waals surface area contributed by atoms with Crippen LogP contribution in [-0.4, -0.2) is 69.6 Å². The minimum Gasteiger partial charge on any atom is -0.387 e. The SMILES string of the molecule is CC(C)CCNS(=O)(=O)OC[C@H]1O[C@@H](n2cnc3c(N)ncnc32)[C@H](O)[C@@H]1O. The van der Waals surface area contributed by atoms with Crippen molar-refractivity contribution in [2.75, 3.05) is 18.9 Å². The molecule has 3 heterocycles. The minimum absolute atomic E-state index is 0.162. The number of rotatable bonds is 8. The lowest BCUT2D eigenvalue weighted by Gasteiger charge is -2.16. The number of hydrogen-bond acceptors (Lipinski definition) is 10. The molecule has 12 nitrogen and oxygen atoms in total. The van der Waals surface area contributed by atoms with Crippen LogP contribution in [0.15, 0.2) is 12.7 Å². The molecule has 0 saturated carbocycles. The summed E-state index contributed by atoms with van der Waals surface area (Å²) >= 11 is 0. The molecule has 1 fully saturated rings. The number of ether oxygens (including phenoxy) is 1. The predicted molar refractivity (Wildman–Crippen MR) is 98.0 cm³/mol. The summed E-state index contributed by atoms with van der Waals surface area (Å²) in [6.45, 7) is 3.71. The summed E-state index contributed by atoms with van der Waals surface area (Å²) in [5, 5.41) is 20.6. The van der Waals surface area contributed by atoms with Gasteiger partial charge in [0.2, 0.25) is 0 Å². The van der Waals surface area contributed by atoms with Crippen molar-refractivity contribution in [3.8, 4) is 0 Å². The first-order chi connectivity index (χ1) is 13.2. The molecule has 28 heavy (non-hydrogen) atoms. The van der Waals surface area contributed by atoms with E-state index in [0.29, 0.717) is 23.5 Å². The van der Waals surface area contributed by atoms with Crippen molar-refractivity contribution in [1.29, 1.82) is 0 Å². The van der Waals surface area contributed by atoms with Crippen LogP contribution in [0.1, 0.15) is 26.5 Å². The first kappa shape index (κ1) is 20.8. The summed E-state index contributed by atoms with van der Waals surface area (Å²) in [7, 11) is -4.00. The van der Waals surface area contributed by atoms with E-state index in [1.54, 1.807) is 0 Å². The van der Waals surface area contributed by atoms with Crippen molar-refractivity contribution in [2.45, 2.75) is 44.8 Å². The first-order valence-electron chi connectivity index (χ1n) is 8.78. The zero-order valence-corrected chi connectivity index (χ0v) is 16.3. The molecule has 13 heteroatoms. The number of anilines is 1. The molecule has 0 spiro atoms. The van der Waals surface area contributed by atoms with Gasteiger partial charge in [0.1, 0.15) is 30.2 Å². The predicted octanol–water partition coefficient (Wildman–Crippen LogP) is -1.08. The van der Waals surface area contributed by atoms with Crippen molar-refractivity contribution in [3.05, 3.63) is 12.7 Å². The molecule has 0 radical (unpaired) electrons. The van der Waals surface area contributed by atoms with Crippen LogP contribution in [0.3, 0.4) is 0 Å². The monoisotopic (exact) mass is 416 g/mol. The summed E-state index contributed by atoms with van der Waals surface area (Å²) in [5.74, 6) is 0.497. The topological polar surface area (TPSA) is 175 Å². The molecule has 4 atom stereocenters. The van der Waals surface area contributed by atoms with Crippen molar-refractivity contribution in [1.82, 2.24) is 24.2 Å². The van der Waals surface area contributed by atoms with E-state index >= 15 is 0 Å². The molecule has 2 aromatic rings. The van der Waals surface area contributed by atoms with Gasteiger partial charge in [-0.2, -0.15) is 13.1 Å². The van der Waals surface area contributed by atoms with Crippen molar-refractivity contribution in [3.63, 3.8) is 0 Å². The minimum atomic E-state index is -4.00. The number of nitrogens with zero attached hydrogens (tertiary/aromatic N) is 4. The van der Waals surface area contributed by atoms with E-state index in [0.717, 1.165) is 0 Å². The van der Waals surface area contributed by atoms with Crippen LogP contribution in [0.5, 0.6) is 0 Å². The maximum absolute atomic E-state index is 11.9. The van der Waals surface area contributed by atoms with Crippen LogP contribution < -0.4 is 10.5 Å². The molecule has 0 bridgehead atoms. The molecule has 5 N–H and O–H groups in total. The van der Waals surface area contributed by atoms with Crippen molar-refractivity contribution < 1.29 is 27.6 Å². The molecule has 1 saturated heterocycles. The second kappa shape index (κ2) is 8.23. The van der Waals surface area contributed by atoms with Gasteiger partial charge in [-0.25, -0.2) is 15.0 Å². The van der Waals surface area contributed by atoms with Gasteiger partial charge < -0.3 is 20.7 Å². The lowest BCUT2D eigenvalue weighted by atomic mass is 10.1. The normalized spacial score (nSPS) is 25.8. The number of hydrogen-bond donors (Lipinski definition) is 4. The van der Waals surface area contributed by atoms with E-state index in [4.69, 9.17) is 14.7 Å². The quantitative estimate of drug-likeness (QED) is 0.414. The number of imidazole rings is 1. The second-order valence-electron chi connectivity index (χ2n) is 6.94. The van der Waals surface area contributed by atoms with Gasteiger partial charge in [-0.3, -0.25) is 8.75 Å². The Morgan fingerprint density at radius 1 is 1.32 bits per heavy atom. The standard InChI is InChI=1S/C15H24N6O6S/c1-8(2)3-4-20-28(24,25)26-5-9-11(22)12(23)15(27-9)21-7-19-10-13(16)17-6-18-14(10)21/h6-9,11-12,15,20,22-23H,3-5H2,1-2H3,(H2,16,17,18)/t9-,11-,12-,15-/m1/s1. The molecule has 0 aliphatic carbocycles. The van der Waals surface area contributed by atoms with Gasteiger partial charge in [-0.15, -0.1) is 0 Å². The van der Waals surface area contributed by atoms with Crippen LogP contribution in [0.4, 0.5) is 5.82 Å². The maximum atomic E-state index is 11.9. The molecule has 1 aliphatic heterocycles. The average Bonchev–Trinajstić information content (AvgIpc) is 3.16. The highest BCUT2D eigenvalue weighted by Gasteiger charge is 2.45. The fourth-order valence-corrected chi connectivity index (χ4v) is 3.59. The number of fused-ring (bicyclic) bond motifs is 1. The zero-order valence-electron chi connectivity index (χ0n) is 15.5. The number of nitrogens with one attached hydrogen (secondary N) is 1. The van der Waals surface area contributed by atoms with Gasteiger partial charge in [0.15, 0.2) is 17.7 Å².